The Labute approximate surface area is 158 Å². The number of hydrogen-bond acceptors (Lipinski definition) is 5. The molecule has 0 aliphatic carbocycles. The number of nitrogens with two attached hydrogens (primary N) is 1. The number of carbonyl (C=O) groups is 3. The third-order valence-corrected chi connectivity index (χ3v) is 5.13. The van der Waals surface area contributed by atoms with Crippen molar-refractivity contribution in [3.05, 3.63) is 22.4 Å². The summed E-state index contributed by atoms with van der Waals surface area (Å²) in [6.45, 7) is 1.48. The van der Waals surface area contributed by atoms with E-state index in [1.807, 2.05) is 16.3 Å². The second-order valence-electron chi connectivity index (χ2n) is 5.98. The number of carbonyl (C=O) groups excluding carboxylic acids is 3. The summed E-state index contributed by atoms with van der Waals surface area (Å²) >= 11 is 1.40. The number of halogens is 1. The summed E-state index contributed by atoms with van der Waals surface area (Å²) in [4.78, 5) is 38.6. The fourth-order valence-electron chi connectivity index (χ4n) is 2.92. The summed E-state index contributed by atoms with van der Waals surface area (Å²) in [5, 5.41) is 4.71. The lowest BCUT2D eigenvalue weighted by Crippen LogP contribution is -2.49. The van der Waals surface area contributed by atoms with Crippen LogP contribution in [0.2, 0.25) is 0 Å². The molecule has 1 aliphatic heterocycles. The summed E-state index contributed by atoms with van der Waals surface area (Å²) < 4.78 is 0. The molecule has 0 saturated carbocycles. The molecule has 1 aromatic rings. The quantitative estimate of drug-likeness (QED) is 0.667. The van der Waals surface area contributed by atoms with E-state index < -0.39 is 0 Å². The first-order valence-electron chi connectivity index (χ1n) is 8.44. The van der Waals surface area contributed by atoms with E-state index in [1.165, 1.54) is 11.3 Å². The Hall–Kier alpha value is -1.44. The van der Waals surface area contributed by atoms with E-state index in [-0.39, 0.29) is 48.9 Å². The molecular weight excluding hydrogens is 362 g/mol. The summed E-state index contributed by atoms with van der Waals surface area (Å²) in [6.07, 6.45) is 3.67. The molecular formula is C17H26ClN3O3S. The number of ketones is 1. The predicted molar refractivity (Wildman–Crippen MR) is 101 cm³/mol. The SMILES string of the molecule is Cl.NCCC(=O)NCC1CCCCN1C(=O)CCC(=O)c1cccs1. The smallest absolute Gasteiger partial charge is 0.223 e. The molecule has 1 atom stereocenters. The second-order valence-corrected chi connectivity index (χ2v) is 6.93. The van der Waals surface area contributed by atoms with Gasteiger partial charge >= 0.3 is 0 Å². The van der Waals surface area contributed by atoms with Gasteiger partial charge in [-0.1, -0.05) is 6.07 Å². The number of amides is 2. The monoisotopic (exact) mass is 387 g/mol. The van der Waals surface area contributed by atoms with Gasteiger partial charge in [-0.25, -0.2) is 0 Å². The van der Waals surface area contributed by atoms with Crippen LogP contribution >= 0.6 is 23.7 Å². The average Bonchev–Trinajstić information content (AvgIpc) is 3.13. The molecule has 25 heavy (non-hydrogen) atoms. The van der Waals surface area contributed by atoms with Crippen LogP contribution in [0.1, 0.15) is 48.2 Å². The minimum atomic E-state index is -0.0802. The van der Waals surface area contributed by atoms with Gasteiger partial charge in [-0.05, 0) is 30.7 Å². The van der Waals surface area contributed by atoms with E-state index in [1.54, 1.807) is 6.07 Å². The van der Waals surface area contributed by atoms with Crippen LogP contribution in [0.15, 0.2) is 17.5 Å². The van der Waals surface area contributed by atoms with Crippen molar-refractivity contribution in [3.63, 3.8) is 0 Å². The van der Waals surface area contributed by atoms with Crippen LogP contribution in [0.25, 0.3) is 0 Å². The predicted octanol–water partition coefficient (Wildman–Crippen LogP) is 1.98. The standard InChI is InChI=1S/C17H25N3O3S.ClH/c18-9-8-16(22)19-12-13-4-1-2-10-20(13)17(23)7-6-14(21)15-5-3-11-24-15;/h3,5,11,13H,1-2,4,6-10,12,18H2,(H,19,22);1H. The van der Waals surface area contributed by atoms with Crippen LogP contribution in [0.5, 0.6) is 0 Å². The highest BCUT2D eigenvalue weighted by atomic mass is 35.5. The molecule has 6 nitrogen and oxygen atoms in total. The fourth-order valence-corrected chi connectivity index (χ4v) is 3.61. The van der Waals surface area contributed by atoms with Crippen LogP contribution in [0.3, 0.4) is 0 Å². The van der Waals surface area contributed by atoms with Crippen molar-refractivity contribution in [3.8, 4) is 0 Å². The van der Waals surface area contributed by atoms with Gasteiger partial charge in [0.1, 0.15) is 0 Å². The first-order valence-corrected chi connectivity index (χ1v) is 9.32. The fraction of sp³-hybridized carbons (Fsp3) is 0.588. The van der Waals surface area contributed by atoms with Crippen LogP contribution in [0, 0.1) is 0 Å². The Balaban J connectivity index is 0.00000312. The van der Waals surface area contributed by atoms with E-state index in [4.69, 9.17) is 5.73 Å². The topological polar surface area (TPSA) is 92.5 Å². The molecule has 2 amide bonds. The number of piperidine rings is 1. The first kappa shape index (κ1) is 21.6. The van der Waals surface area contributed by atoms with Crippen molar-refractivity contribution in [1.29, 1.82) is 0 Å². The van der Waals surface area contributed by atoms with Crippen molar-refractivity contribution < 1.29 is 14.4 Å². The highest BCUT2D eigenvalue weighted by molar-refractivity contribution is 7.12. The van der Waals surface area contributed by atoms with E-state index in [0.29, 0.717) is 30.9 Å². The van der Waals surface area contributed by atoms with E-state index >= 15 is 0 Å². The molecule has 0 aromatic carbocycles. The Morgan fingerprint density at radius 3 is 2.72 bits per heavy atom. The number of Topliss-reactive ketones (excluding diaryl/α,β-unsaturated/α-hetero) is 1. The van der Waals surface area contributed by atoms with E-state index in [2.05, 4.69) is 5.32 Å². The van der Waals surface area contributed by atoms with Crippen LogP contribution in [-0.4, -0.2) is 48.2 Å². The van der Waals surface area contributed by atoms with Crippen molar-refractivity contribution in [2.45, 2.75) is 44.6 Å². The van der Waals surface area contributed by atoms with Gasteiger partial charge in [-0.3, -0.25) is 14.4 Å². The maximum absolute atomic E-state index is 12.5. The van der Waals surface area contributed by atoms with Gasteiger partial charge in [0.05, 0.1) is 4.88 Å². The molecule has 1 aliphatic rings. The van der Waals surface area contributed by atoms with Crippen molar-refractivity contribution in [2.75, 3.05) is 19.6 Å². The lowest BCUT2D eigenvalue weighted by atomic mass is 10.0. The highest BCUT2D eigenvalue weighted by Gasteiger charge is 2.27. The first-order chi connectivity index (χ1) is 11.6. The minimum Gasteiger partial charge on any atom is -0.354 e. The summed E-state index contributed by atoms with van der Waals surface area (Å²) in [7, 11) is 0. The summed E-state index contributed by atoms with van der Waals surface area (Å²) in [6, 6.07) is 3.64. The lowest BCUT2D eigenvalue weighted by molar-refractivity contribution is -0.135. The van der Waals surface area contributed by atoms with Gasteiger partial charge in [0.15, 0.2) is 5.78 Å². The van der Waals surface area contributed by atoms with Crippen LogP contribution in [-0.2, 0) is 9.59 Å². The van der Waals surface area contributed by atoms with Crippen LogP contribution < -0.4 is 11.1 Å². The minimum absolute atomic E-state index is 0. The molecule has 3 N–H and O–H groups in total. The molecule has 140 valence electrons. The Morgan fingerprint density at radius 1 is 1.24 bits per heavy atom. The van der Waals surface area contributed by atoms with E-state index in [9.17, 15) is 14.4 Å². The van der Waals surface area contributed by atoms with Crippen molar-refractivity contribution in [1.82, 2.24) is 10.2 Å². The molecule has 1 unspecified atom stereocenters. The Kier molecular flexibility index (Phi) is 9.70. The molecule has 0 bridgehead atoms. The lowest BCUT2D eigenvalue weighted by Gasteiger charge is -2.36. The highest BCUT2D eigenvalue weighted by Crippen LogP contribution is 2.19. The molecule has 1 saturated heterocycles. The Morgan fingerprint density at radius 2 is 2.04 bits per heavy atom. The zero-order valence-electron chi connectivity index (χ0n) is 14.2. The van der Waals surface area contributed by atoms with Crippen molar-refractivity contribution >= 4 is 41.3 Å². The number of nitrogens with one attached hydrogen (secondary N) is 1. The van der Waals surface area contributed by atoms with E-state index in [0.717, 1.165) is 19.3 Å². The molecule has 0 spiro atoms. The second kappa shape index (κ2) is 11.2. The average molecular weight is 388 g/mol. The van der Waals surface area contributed by atoms with Crippen LogP contribution in [0.4, 0.5) is 0 Å². The number of rotatable bonds is 8. The maximum atomic E-state index is 12.5. The van der Waals surface area contributed by atoms with Gasteiger partial charge in [0, 0.05) is 44.9 Å². The molecule has 1 aromatic heterocycles. The van der Waals surface area contributed by atoms with Crippen molar-refractivity contribution in [2.24, 2.45) is 5.73 Å². The summed E-state index contributed by atoms with van der Waals surface area (Å²) in [5.41, 5.74) is 5.37. The normalized spacial score (nSPS) is 16.8. The zero-order valence-corrected chi connectivity index (χ0v) is 15.9. The molecule has 2 heterocycles. The molecule has 0 radical (unpaired) electrons. The number of nitrogens with zero attached hydrogens (tertiary/aromatic N) is 1. The van der Waals surface area contributed by atoms with Gasteiger partial charge < -0.3 is 16.0 Å². The molecule has 8 heteroatoms. The third kappa shape index (κ3) is 6.76. The largest absolute Gasteiger partial charge is 0.354 e. The van der Waals surface area contributed by atoms with Gasteiger partial charge in [0.25, 0.3) is 0 Å². The number of hydrogen-bond donors (Lipinski definition) is 2. The van der Waals surface area contributed by atoms with Gasteiger partial charge in [-0.15, -0.1) is 23.7 Å². The Bertz CT molecular complexity index is 565. The van der Waals surface area contributed by atoms with Gasteiger partial charge in [0.2, 0.25) is 11.8 Å². The molecule has 1 fully saturated rings. The third-order valence-electron chi connectivity index (χ3n) is 4.22. The molecule has 2 rings (SSSR count). The maximum Gasteiger partial charge on any atom is 0.223 e. The number of thiophene rings is 1. The summed E-state index contributed by atoms with van der Waals surface area (Å²) in [5.74, 6) is -0.0656. The van der Waals surface area contributed by atoms with Gasteiger partial charge in [-0.2, -0.15) is 0 Å². The zero-order chi connectivity index (χ0) is 17.4. The number of likely N-dealkylation sites (tertiary alicyclic amines) is 1.